The molecule has 6 rings (SSSR count). The van der Waals surface area contributed by atoms with Gasteiger partial charge < -0.3 is 24.8 Å². The summed E-state index contributed by atoms with van der Waals surface area (Å²) < 4.78 is 5.95. The van der Waals surface area contributed by atoms with Crippen molar-refractivity contribution >= 4 is 38.3 Å². The number of hydrogen-bond donors (Lipinski definition) is 0. The molecule has 2 aliphatic carbocycles. The second-order valence-electron chi connectivity index (χ2n) is 18.5. The van der Waals surface area contributed by atoms with Crippen molar-refractivity contribution in [2.24, 2.45) is 0 Å². The van der Waals surface area contributed by atoms with E-state index in [0.717, 1.165) is 15.4 Å². The Labute approximate surface area is 351 Å². The molecule has 52 heavy (non-hydrogen) atoms. The molecule has 0 aliphatic heterocycles. The summed E-state index contributed by atoms with van der Waals surface area (Å²) in [5.41, 5.74) is 14.9. The molecular weight excluding hydrogens is 886 g/mol. The van der Waals surface area contributed by atoms with E-state index in [1.165, 1.54) is 44.5 Å². The molecule has 0 aromatic heterocycles. The van der Waals surface area contributed by atoms with Crippen LogP contribution in [-0.2, 0) is 49.3 Å². The zero-order valence-corrected chi connectivity index (χ0v) is 40.1. The Morgan fingerprint density at radius 3 is 1.40 bits per heavy atom. The van der Waals surface area contributed by atoms with Crippen molar-refractivity contribution in [3.63, 3.8) is 0 Å². The zero-order valence-electron chi connectivity index (χ0n) is 33.0. The normalized spacial score (nSPS) is 13.9. The van der Waals surface area contributed by atoms with Crippen LogP contribution in [0.2, 0.25) is 3.63 Å². The van der Waals surface area contributed by atoms with Crippen LogP contribution in [0.4, 0.5) is 0 Å². The second-order valence-corrected chi connectivity index (χ2v) is 26.5. The first kappa shape index (κ1) is 43.4. The molecule has 0 amide bonds. The minimum atomic E-state index is -2.93. The predicted octanol–water partition coefficient (Wildman–Crippen LogP) is 7.41. The van der Waals surface area contributed by atoms with Gasteiger partial charge in [0.05, 0.1) is 0 Å². The van der Waals surface area contributed by atoms with E-state index < -0.39 is 21.3 Å². The maximum Gasteiger partial charge on any atom is -1.00 e. The Morgan fingerprint density at radius 2 is 0.981 bits per heavy atom. The van der Waals surface area contributed by atoms with Gasteiger partial charge >= 0.3 is 330 Å². The standard InChI is InChI=1S/C29H41.C13H8Br2.C5H5.2ClH.Zr/c1-26(2,3)22-14-18-13-19-15-23(27(4,5)6)25(29(10,11)12)17-21(19)20(18)16-24(22)28(7,8)9;14-12-5-1-10(2-6-12)9-11-3-7-13(15)8-4-11;1-2-4-5-3-1;;;/h14,16-17H,13H2,1-12H3;1-8H;1-5H;2*1H;/q;;;;;+2/p-2. The van der Waals surface area contributed by atoms with E-state index in [9.17, 15) is 0 Å². The smallest absolute Gasteiger partial charge is 1.00 e. The van der Waals surface area contributed by atoms with Gasteiger partial charge in [-0.25, -0.2) is 0 Å². The second kappa shape index (κ2) is 15.7. The van der Waals surface area contributed by atoms with Gasteiger partial charge in [0.1, 0.15) is 0 Å². The van der Waals surface area contributed by atoms with Crippen molar-refractivity contribution in [1.82, 2.24) is 0 Å². The van der Waals surface area contributed by atoms with E-state index in [0.29, 0.717) is 3.63 Å². The van der Waals surface area contributed by atoms with Crippen LogP contribution in [0.15, 0.2) is 100.0 Å². The molecule has 0 saturated carbocycles. The van der Waals surface area contributed by atoms with Crippen LogP contribution in [0.25, 0.3) is 11.1 Å². The minimum Gasteiger partial charge on any atom is -1.00 e. The van der Waals surface area contributed by atoms with Crippen LogP contribution in [0.3, 0.4) is 0 Å². The van der Waals surface area contributed by atoms with Crippen molar-refractivity contribution < 1.29 is 46.1 Å². The molecular formula is C47H54Br2Cl2Zr. The van der Waals surface area contributed by atoms with Gasteiger partial charge in [-0.1, -0.05) is 0 Å². The fourth-order valence-corrected chi connectivity index (χ4v) is 18.0. The third kappa shape index (κ3) is 8.55. The monoisotopic (exact) mass is 936 g/mol. The molecule has 0 saturated heterocycles. The Morgan fingerprint density at radius 1 is 0.558 bits per heavy atom. The summed E-state index contributed by atoms with van der Waals surface area (Å²) in [7, 11) is 0. The Hall–Kier alpha value is -1.35. The van der Waals surface area contributed by atoms with Crippen LogP contribution in [-0.4, -0.2) is 3.21 Å². The maximum absolute atomic E-state index is 3.75. The van der Waals surface area contributed by atoms with Crippen LogP contribution in [0.1, 0.15) is 128 Å². The number of rotatable bonds is 4. The zero-order chi connectivity index (χ0) is 36.6. The fourth-order valence-electron chi connectivity index (χ4n) is 8.08. The van der Waals surface area contributed by atoms with Crippen LogP contribution in [0.5, 0.6) is 0 Å². The molecule has 0 unspecified atom stereocenters. The Balaban J connectivity index is 0.00000302. The van der Waals surface area contributed by atoms with E-state index in [2.05, 4.69) is 206 Å². The van der Waals surface area contributed by atoms with E-state index in [4.69, 9.17) is 0 Å². The fraction of sp³-hybridized carbons (Fsp3) is 0.383. The van der Waals surface area contributed by atoms with E-state index in [1.54, 1.807) is 17.6 Å². The number of allylic oxidation sites excluding steroid dienone is 4. The molecule has 5 heteroatoms. The molecule has 2 aliphatic rings. The summed E-state index contributed by atoms with van der Waals surface area (Å²) in [6.07, 6.45) is 10.6. The van der Waals surface area contributed by atoms with Gasteiger partial charge in [0.2, 0.25) is 0 Å². The van der Waals surface area contributed by atoms with E-state index in [1.807, 2.05) is 0 Å². The van der Waals surface area contributed by atoms with Crippen LogP contribution in [0, 0.1) is 0 Å². The number of benzene rings is 4. The Kier molecular flexibility index (Phi) is 13.1. The maximum atomic E-state index is 3.75. The van der Waals surface area contributed by atoms with Gasteiger partial charge in [-0.05, 0) is 0 Å². The summed E-state index contributed by atoms with van der Waals surface area (Å²) in [5, 5.41) is 0. The molecule has 0 spiro atoms. The van der Waals surface area contributed by atoms with Gasteiger partial charge in [-0.3, -0.25) is 0 Å². The molecule has 0 atom stereocenters. The summed E-state index contributed by atoms with van der Waals surface area (Å²) in [4.78, 5) is 0. The quantitative estimate of drug-likeness (QED) is 0.176. The Bertz CT molecular complexity index is 2000. The third-order valence-electron chi connectivity index (χ3n) is 10.4. The summed E-state index contributed by atoms with van der Waals surface area (Å²) in [6, 6.07) is 26.2. The first-order valence-corrected chi connectivity index (χ1v) is 23.6. The molecule has 274 valence electrons. The van der Waals surface area contributed by atoms with E-state index >= 15 is 0 Å². The molecule has 0 nitrogen and oxygen atoms in total. The van der Waals surface area contributed by atoms with Crippen LogP contribution < -0.4 is 28.1 Å². The molecule has 4 aromatic carbocycles. The molecule has 0 N–H and O–H groups in total. The van der Waals surface area contributed by atoms with Crippen molar-refractivity contribution in [3.8, 4) is 11.1 Å². The molecule has 0 radical (unpaired) electrons. The van der Waals surface area contributed by atoms with Crippen LogP contribution >= 0.6 is 31.9 Å². The van der Waals surface area contributed by atoms with Gasteiger partial charge in [0.25, 0.3) is 0 Å². The molecule has 0 bridgehead atoms. The van der Waals surface area contributed by atoms with Gasteiger partial charge in [-0.2, -0.15) is 0 Å². The minimum absolute atomic E-state index is 0. The first-order valence-electron chi connectivity index (χ1n) is 18.2. The largest absolute Gasteiger partial charge is 1.00 e. The average molecular weight is 941 g/mol. The predicted molar refractivity (Wildman–Crippen MR) is 223 cm³/mol. The third-order valence-corrected chi connectivity index (χ3v) is 19.5. The van der Waals surface area contributed by atoms with Crippen molar-refractivity contribution in [2.75, 3.05) is 0 Å². The SMILES string of the molecule is CC(C)(C)c1cc2c(cc1C(C)(C)C)-c1cc(C(C)(C)C)c(C(C)(C)C)[c]([Zr+2](=[C](c3ccc(Br)cc3)c3ccc(Br)cc3)[CH]3C=CC=C3)c1C2.[Cl-].[Cl-]. The molecule has 0 fully saturated rings. The van der Waals surface area contributed by atoms with Gasteiger partial charge in [0, 0.05) is 0 Å². The van der Waals surface area contributed by atoms with Gasteiger partial charge in [-0.15, -0.1) is 0 Å². The summed E-state index contributed by atoms with van der Waals surface area (Å²) in [5.74, 6) is 0. The van der Waals surface area contributed by atoms with Crippen molar-refractivity contribution in [1.29, 1.82) is 0 Å². The molecule has 4 aromatic rings. The van der Waals surface area contributed by atoms with E-state index in [-0.39, 0.29) is 46.5 Å². The van der Waals surface area contributed by atoms with Crippen molar-refractivity contribution in [2.45, 2.75) is 115 Å². The van der Waals surface area contributed by atoms with Gasteiger partial charge in [0.15, 0.2) is 0 Å². The topological polar surface area (TPSA) is 0 Å². The number of fused-ring (bicyclic) bond motifs is 3. The van der Waals surface area contributed by atoms with Crippen molar-refractivity contribution in [3.05, 3.63) is 144 Å². The first-order chi connectivity index (χ1) is 23.2. The molecule has 0 heterocycles. The summed E-state index contributed by atoms with van der Waals surface area (Å²) in [6.45, 7) is 29.0. The number of hydrogen-bond acceptors (Lipinski definition) is 0. The average Bonchev–Trinajstić information content (AvgIpc) is 3.66. The summed E-state index contributed by atoms with van der Waals surface area (Å²) >= 11 is 4.57. The number of halogens is 4.